The molecule has 0 saturated carbocycles. The second-order valence-electron chi connectivity index (χ2n) is 3.14. The number of carbonyl (C=O) groups is 3. The average molecular weight is 280 g/mol. The zero-order valence-electron chi connectivity index (χ0n) is 10.9. The van der Waals surface area contributed by atoms with Crippen molar-refractivity contribution in [1.82, 2.24) is 0 Å². The van der Waals surface area contributed by atoms with Crippen molar-refractivity contribution in [1.29, 1.82) is 0 Å². The summed E-state index contributed by atoms with van der Waals surface area (Å²) < 4.78 is 43.3. The minimum Gasteiger partial charge on any atom is -1.00 e. The van der Waals surface area contributed by atoms with Gasteiger partial charge in [-0.25, -0.2) is 9.59 Å². The van der Waals surface area contributed by atoms with Crippen molar-refractivity contribution < 1.29 is 67.3 Å². The number of halogens is 3. The molecule has 7 nitrogen and oxygen atoms in total. The second kappa shape index (κ2) is 8.21. The van der Waals surface area contributed by atoms with Crippen LogP contribution in [-0.4, -0.2) is 41.5 Å². The SMILES string of the molecule is CC(CC(=O)OC(=O)C(=O)OB(O)O)C(F)(F)F.[H-].[Li+]. The van der Waals surface area contributed by atoms with Crippen LogP contribution in [0.3, 0.4) is 0 Å². The maximum absolute atomic E-state index is 12.0. The molecule has 19 heavy (non-hydrogen) atoms. The number of hydrogen-bond donors (Lipinski definition) is 2. The van der Waals surface area contributed by atoms with Gasteiger partial charge in [0.2, 0.25) is 0 Å². The summed E-state index contributed by atoms with van der Waals surface area (Å²) in [5.41, 5.74) is 0. The van der Waals surface area contributed by atoms with Gasteiger partial charge in [0, 0.05) is 0 Å². The minimum atomic E-state index is -4.65. The van der Waals surface area contributed by atoms with E-state index in [-0.39, 0.29) is 20.3 Å². The topological polar surface area (TPSA) is 110 Å². The normalized spacial score (nSPS) is 11.9. The van der Waals surface area contributed by atoms with Crippen molar-refractivity contribution in [3.05, 3.63) is 0 Å². The van der Waals surface area contributed by atoms with Gasteiger partial charge in [-0.1, -0.05) is 6.92 Å². The van der Waals surface area contributed by atoms with Crippen LogP contribution in [0.25, 0.3) is 0 Å². The first-order chi connectivity index (χ1) is 8.04. The molecule has 1 unspecified atom stereocenters. The molecule has 0 aromatic carbocycles. The van der Waals surface area contributed by atoms with Gasteiger partial charge in [0.05, 0.1) is 12.3 Å². The summed E-state index contributed by atoms with van der Waals surface area (Å²) in [5.74, 6) is -7.51. The Morgan fingerprint density at radius 3 is 2.11 bits per heavy atom. The number of esters is 2. The molecule has 0 aromatic heterocycles. The monoisotopic (exact) mass is 280 g/mol. The number of carbonyl (C=O) groups excluding carboxylic acids is 3. The molecule has 0 amide bonds. The van der Waals surface area contributed by atoms with Crippen LogP contribution in [0.4, 0.5) is 13.2 Å². The summed E-state index contributed by atoms with van der Waals surface area (Å²) in [6.45, 7) is 0.682. The van der Waals surface area contributed by atoms with Crippen LogP contribution in [0.2, 0.25) is 0 Å². The molecule has 0 aliphatic carbocycles. The Morgan fingerprint density at radius 1 is 1.26 bits per heavy atom. The van der Waals surface area contributed by atoms with Crippen LogP contribution in [0.15, 0.2) is 0 Å². The zero-order chi connectivity index (χ0) is 14.5. The Morgan fingerprint density at radius 2 is 1.74 bits per heavy atom. The predicted octanol–water partition coefficient (Wildman–Crippen LogP) is -3.73. The third-order valence-electron chi connectivity index (χ3n) is 1.62. The standard InChI is InChI=1S/C7H8BF3O7.Li.H/c1-3(7(9,10)11)2-4(12)17-5(13)6(14)18-8(15)16;;/h3,15-16H,2H2,1H3;;/q;+1;-1. The Balaban J connectivity index is -0.00000144. The van der Waals surface area contributed by atoms with Crippen molar-refractivity contribution in [2.45, 2.75) is 19.5 Å². The third-order valence-corrected chi connectivity index (χ3v) is 1.62. The summed E-state index contributed by atoms with van der Waals surface area (Å²) in [4.78, 5) is 32.1. The smallest absolute Gasteiger partial charge is 1.00 e. The van der Waals surface area contributed by atoms with Crippen molar-refractivity contribution in [3.8, 4) is 0 Å². The van der Waals surface area contributed by atoms with Crippen LogP contribution in [0, 0.1) is 5.92 Å². The molecule has 0 heterocycles. The van der Waals surface area contributed by atoms with E-state index in [1.54, 1.807) is 0 Å². The third kappa shape index (κ3) is 8.66. The molecule has 0 fully saturated rings. The van der Waals surface area contributed by atoms with Crippen LogP contribution in [0.5, 0.6) is 0 Å². The Kier molecular flexibility index (Phi) is 8.78. The van der Waals surface area contributed by atoms with E-state index in [2.05, 4.69) is 9.39 Å². The van der Waals surface area contributed by atoms with Gasteiger partial charge < -0.3 is 20.9 Å². The molecule has 0 rings (SSSR count). The molecule has 0 bridgehead atoms. The number of hydrogen-bond acceptors (Lipinski definition) is 7. The quantitative estimate of drug-likeness (QED) is 0.237. The van der Waals surface area contributed by atoms with Crippen LogP contribution in [0.1, 0.15) is 14.8 Å². The van der Waals surface area contributed by atoms with E-state index in [0.29, 0.717) is 6.92 Å². The van der Waals surface area contributed by atoms with E-state index in [1.165, 1.54) is 0 Å². The van der Waals surface area contributed by atoms with Gasteiger partial charge in [-0.05, 0) is 0 Å². The van der Waals surface area contributed by atoms with Crippen molar-refractivity contribution in [3.63, 3.8) is 0 Å². The molecular weight excluding hydrogens is 271 g/mol. The van der Waals surface area contributed by atoms with Crippen LogP contribution >= 0.6 is 0 Å². The van der Waals surface area contributed by atoms with Gasteiger partial charge in [0.25, 0.3) is 0 Å². The van der Waals surface area contributed by atoms with Crippen LogP contribution < -0.4 is 18.9 Å². The summed E-state index contributed by atoms with van der Waals surface area (Å²) in [6, 6.07) is 0. The summed E-state index contributed by atoms with van der Waals surface area (Å²) in [7, 11) is -2.60. The molecule has 104 valence electrons. The first kappa shape index (κ1) is 20.3. The molecule has 0 aromatic rings. The zero-order valence-corrected chi connectivity index (χ0v) is 9.93. The fourth-order valence-electron chi connectivity index (χ4n) is 0.696. The largest absolute Gasteiger partial charge is 1.00 e. The molecule has 2 N–H and O–H groups in total. The van der Waals surface area contributed by atoms with E-state index < -0.39 is 43.7 Å². The Hall–Kier alpha value is -1.02. The van der Waals surface area contributed by atoms with Crippen molar-refractivity contribution in [2.24, 2.45) is 5.92 Å². The molecule has 0 saturated heterocycles. The van der Waals surface area contributed by atoms with E-state index in [1.807, 2.05) is 0 Å². The maximum atomic E-state index is 12.0. The van der Waals surface area contributed by atoms with E-state index in [0.717, 1.165) is 0 Å². The average Bonchev–Trinajstić information content (AvgIpc) is 2.14. The summed E-state index contributed by atoms with van der Waals surface area (Å²) in [5, 5.41) is 16.3. The maximum Gasteiger partial charge on any atom is 1.00 e. The van der Waals surface area contributed by atoms with E-state index in [9.17, 15) is 27.6 Å². The van der Waals surface area contributed by atoms with Crippen molar-refractivity contribution >= 4 is 25.2 Å². The van der Waals surface area contributed by atoms with Gasteiger partial charge in [0.1, 0.15) is 0 Å². The first-order valence-electron chi connectivity index (χ1n) is 4.42. The Bertz CT molecular complexity index is 352. The minimum absolute atomic E-state index is 0. The fourth-order valence-corrected chi connectivity index (χ4v) is 0.696. The van der Waals surface area contributed by atoms with Crippen molar-refractivity contribution in [2.75, 3.05) is 0 Å². The summed E-state index contributed by atoms with van der Waals surface area (Å²) in [6.07, 6.45) is -5.81. The van der Waals surface area contributed by atoms with Gasteiger partial charge in [-0.2, -0.15) is 13.2 Å². The number of alkyl halides is 3. The molecule has 0 radical (unpaired) electrons. The van der Waals surface area contributed by atoms with E-state index in [4.69, 9.17) is 10.0 Å². The summed E-state index contributed by atoms with van der Waals surface area (Å²) >= 11 is 0. The van der Waals surface area contributed by atoms with Gasteiger partial charge in [-0.3, -0.25) is 4.79 Å². The second-order valence-corrected chi connectivity index (χ2v) is 3.14. The molecule has 1 atom stereocenters. The molecule has 0 spiro atoms. The van der Waals surface area contributed by atoms with E-state index >= 15 is 0 Å². The molecule has 0 aliphatic rings. The number of ether oxygens (including phenoxy) is 1. The molecule has 0 aliphatic heterocycles. The van der Waals surface area contributed by atoms with Gasteiger partial charge in [0.15, 0.2) is 0 Å². The molecular formula is C7H9BF3LiO7. The van der Waals surface area contributed by atoms with Gasteiger partial charge >= 0.3 is 50.3 Å². The number of rotatable bonds is 3. The fraction of sp³-hybridized carbons (Fsp3) is 0.571. The Labute approximate surface area is 118 Å². The first-order valence-corrected chi connectivity index (χ1v) is 4.42. The van der Waals surface area contributed by atoms with Crippen LogP contribution in [-0.2, 0) is 23.8 Å². The molecule has 12 heteroatoms. The van der Waals surface area contributed by atoms with Gasteiger partial charge in [-0.15, -0.1) is 0 Å². The predicted molar refractivity (Wildman–Crippen MR) is 48.3 cm³/mol.